The van der Waals surface area contributed by atoms with Gasteiger partial charge in [-0.05, 0) is 46.6 Å². The van der Waals surface area contributed by atoms with Crippen LogP contribution >= 0.6 is 27.5 Å². The minimum Gasteiger partial charge on any atom is -0.453 e. The van der Waals surface area contributed by atoms with Crippen molar-refractivity contribution in [2.75, 3.05) is 0 Å². The molecule has 0 aliphatic heterocycles. The van der Waals surface area contributed by atoms with Crippen LogP contribution in [-0.2, 0) is 6.54 Å². The fourth-order valence-corrected chi connectivity index (χ4v) is 2.09. The first-order valence-corrected chi connectivity index (χ1v) is 6.56. The summed E-state index contributed by atoms with van der Waals surface area (Å²) in [5, 5.41) is 4.16. The van der Waals surface area contributed by atoms with Gasteiger partial charge in [0.2, 0.25) is 0 Å². The average Bonchev–Trinajstić information content (AvgIpc) is 2.74. The zero-order valence-electron chi connectivity index (χ0n) is 9.41. The summed E-state index contributed by atoms with van der Waals surface area (Å²) in [6, 6.07) is 11.8. The van der Waals surface area contributed by atoms with Crippen molar-refractivity contribution in [3.8, 4) is 0 Å². The fourth-order valence-electron chi connectivity index (χ4n) is 1.57. The van der Waals surface area contributed by atoms with Crippen molar-refractivity contribution in [3.05, 3.63) is 57.4 Å². The Balaban J connectivity index is 1.97. The van der Waals surface area contributed by atoms with Crippen LogP contribution in [0.1, 0.15) is 24.3 Å². The van der Waals surface area contributed by atoms with Gasteiger partial charge in [-0.25, -0.2) is 0 Å². The molecule has 17 heavy (non-hydrogen) atoms. The molecule has 4 heteroatoms. The normalized spacial score (nSPS) is 12.6. The molecule has 1 aromatic carbocycles. The zero-order chi connectivity index (χ0) is 12.3. The van der Waals surface area contributed by atoms with Crippen molar-refractivity contribution in [3.63, 3.8) is 0 Å². The molecule has 0 bridgehead atoms. The molecule has 1 heterocycles. The molecule has 2 nitrogen and oxygen atoms in total. The highest BCUT2D eigenvalue weighted by Crippen LogP contribution is 2.21. The van der Waals surface area contributed by atoms with E-state index in [1.165, 1.54) is 0 Å². The Labute approximate surface area is 114 Å². The van der Waals surface area contributed by atoms with E-state index >= 15 is 0 Å². The molecular weight excluding hydrogens is 302 g/mol. The molecule has 1 N–H and O–H groups in total. The molecule has 0 saturated carbocycles. The van der Waals surface area contributed by atoms with Gasteiger partial charge in [0.1, 0.15) is 5.76 Å². The highest BCUT2D eigenvalue weighted by molar-refractivity contribution is 9.10. The minimum absolute atomic E-state index is 0.151. The van der Waals surface area contributed by atoms with Crippen molar-refractivity contribution in [1.29, 1.82) is 0 Å². The summed E-state index contributed by atoms with van der Waals surface area (Å²) in [6.07, 6.45) is 0. The fraction of sp³-hybridized carbons (Fsp3) is 0.231. The van der Waals surface area contributed by atoms with E-state index in [2.05, 4.69) is 28.2 Å². The maximum absolute atomic E-state index is 6.09. The number of furan rings is 1. The van der Waals surface area contributed by atoms with E-state index in [1.807, 2.05) is 36.4 Å². The van der Waals surface area contributed by atoms with Crippen molar-refractivity contribution in [2.24, 2.45) is 0 Å². The van der Waals surface area contributed by atoms with Crippen LogP contribution in [0.15, 0.2) is 45.5 Å². The van der Waals surface area contributed by atoms with Gasteiger partial charge in [-0.15, -0.1) is 0 Å². The highest BCUT2D eigenvalue weighted by atomic mass is 79.9. The second kappa shape index (κ2) is 5.71. The van der Waals surface area contributed by atoms with Crippen molar-refractivity contribution < 1.29 is 4.42 Å². The Morgan fingerprint density at radius 1 is 1.29 bits per heavy atom. The lowest BCUT2D eigenvalue weighted by Gasteiger charge is -2.12. The molecule has 0 aliphatic rings. The van der Waals surface area contributed by atoms with Gasteiger partial charge in [0, 0.05) is 11.6 Å². The molecule has 0 saturated heterocycles. The molecule has 2 rings (SSSR count). The minimum atomic E-state index is 0.151. The first kappa shape index (κ1) is 12.7. The Bertz CT molecular complexity index is 498. The summed E-state index contributed by atoms with van der Waals surface area (Å²) in [5.41, 5.74) is 1.09. The van der Waals surface area contributed by atoms with Crippen LogP contribution in [0.2, 0.25) is 5.02 Å². The summed E-state index contributed by atoms with van der Waals surface area (Å²) in [4.78, 5) is 0. The summed E-state index contributed by atoms with van der Waals surface area (Å²) in [5.74, 6) is 0.906. The first-order chi connectivity index (χ1) is 8.16. The van der Waals surface area contributed by atoms with E-state index in [0.717, 1.165) is 27.6 Å². The molecule has 0 aliphatic carbocycles. The topological polar surface area (TPSA) is 25.2 Å². The van der Waals surface area contributed by atoms with Gasteiger partial charge >= 0.3 is 0 Å². The molecule has 90 valence electrons. The summed E-state index contributed by atoms with van der Waals surface area (Å²) in [6.45, 7) is 2.78. The lowest BCUT2D eigenvalue weighted by atomic mass is 10.2. The summed E-state index contributed by atoms with van der Waals surface area (Å²) < 4.78 is 6.23. The summed E-state index contributed by atoms with van der Waals surface area (Å²) in [7, 11) is 0. The molecule has 2 aromatic rings. The monoisotopic (exact) mass is 313 g/mol. The Morgan fingerprint density at radius 2 is 2.06 bits per heavy atom. The van der Waals surface area contributed by atoms with E-state index < -0.39 is 0 Å². The molecule has 1 aromatic heterocycles. The van der Waals surface area contributed by atoms with Crippen LogP contribution < -0.4 is 5.32 Å². The number of hydrogen-bond donors (Lipinski definition) is 1. The van der Waals surface area contributed by atoms with E-state index in [0.29, 0.717) is 0 Å². The SMILES string of the molecule is CC(NCc1ccccc1Cl)c1ccc(Br)o1. The average molecular weight is 315 g/mol. The van der Waals surface area contributed by atoms with Gasteiger partial charge in [-0.1, -0.05) is 29.8 Å². The van der Waals surface area contributed by atoms with Crippen molar-refractivity contribution >= 4 is 27.5 Å². The van der Waals surface area contributed by atoms with Crippen molar-refractivity contribution in [2.45, 2.75) is 19.5 Å². The van der Waals surface area contributed by atoms with Crippen molar-refractivity contribution in [1.82, 2.24) is 5.32 Å². The Hall–Kier alpha value is -0.770. The van der Waals surface area contributed by atoms with Gasteiger partial charge in [-0.2, -0.15) is 0 Å². The third-order valence-electron chi connectivity index (χ3n) is 2.58. The lowest BCUT2D eigenvalue weighted by molar-refractivity contribution is 0.418. The van der Waals surface area contributed by atoms with Gasteiger partial charge in [0.25, 0.3) is 0 Å². The Morgan fingerprint density at radius 3 is 2.71 bits per heavy atom. The molecule has 1 atom stereocenters. The van der Waals surface area contributed by atoms with Crippen LogP contribution in [0, 0.1) is 0 Å². The largest absolute Gasteiger partial charge is 0.453 e. The van der Waals surface area contributed by atoms with Gasteiger partial charge < -0.3 is 9.73 Å². The first-order valence-electron chi connectivity index (χ1n) is 5.39. The van der Waals surface area contributed by atoms with Gasteiger partial charge in [0.15, 0.2) is 4.67 Å². The van der Waals surface area contributed by atoms with E-state index in [9.17, 15) is 0 Å². The quantitative estimate of drug-likeness (QED) is 0.896. The van der Waals surface area contributed by atoms with Crippen LogP contribution in [0.25, 0.3) is 0 Å². The standard InChI is InChI=1S/C13H13BrClNO/c1-9(12-6-7-13(14)17-12)16-8-10-4-2-3-5-11(10)15/h2-7,9,16H,8H2,1H3. The number of hydrogen-bond acceptors (Lipinski definition) is 2. The number of halogens is 2. The van der Waals surface area contributed by atoms with Gasteiger partial charge in [0.05, 0.1) is 6.04 Å². The predicted molar refractivity (Wildman–Crippen MR) is 73.1 cm³/mol. The molecule has 0 fully saturated rings. The smallest absolute Gasteiger partial charge is 0.169 e. The molecule has 0 radical (unpaired) electrons. The number of benzene rings is 1. The Kier molecular flexibility index (Phi) is 4.26. The van der Waals surface area contributed by atoms with Crippen LogP contribution in [0.5, 0.6) is 0 Å². The summed E-state index contributed by atoms with van der Waals surface area (Å²) >= 11 is 9.38. The second-order valence-electron chi connectivity index (χ2n) is 3.84. The molecule has 0 amide bonds. The van der Waals surface area contributed by atoms with Crippen LogP contribution in [-0.4, -0.2) is 0 Å². The number of rotatable bonds is 4. The van der Waals surface area contributed by atoms with Gasteiger partial charge in [-0.3, -0.25) is 0 Å². The number of nitrogens with one attached hydrogen (secondary N) is 1. The maximum Gasteiger partial charge on any atom is 0.169 e. The van der Waals surface area contributed by atoms with Crippen LogP contribution in [0.4, 0.5) is 0 Å². The maximum atomic E-state index is 6.09. The lowest BCUT2D eigenvalue weighted by Crippen LogP contribution is -2.17. The highest BCUT2D eigenvalue weighted by Gasteiger charge is 2.09. The van der Waals surface area contributed by atoms with Crippen LogP contribution in [0.3, 0.4) is 0 Å². The van der Waals surface area contributed by atoms with E-state index in [4.69, 9.17) is 16.0 Å². The molecular formula is C13H13BrClNO. The zero-order valence-corrected chi connectivity index (χ0v) is 11.8. The second-order valence-corrected chi connectivity index (χ2v) is 5.02. The van der Waals surface area contributed by atoms with E-state index in [-0.39, 0.29) is 6.04 Å². The predicted octanol–water partition coefficient (Wildman–Crippen LogP) is 4.55. The third-order valence-corrected chi connectivity index (χ3v) is 3.37. The van der Waals surface area contributed by atoms with E-state index in [1.54, 1.807) is 0 Å². The third kappa shape index (κ3) is 3.35. The molecule has 1 unspecified atom stereocenters. The molecule has 0 spiro atoms.